The van der Waals surface area contributed by atoms with Gasteiger partial charge in [-0.2, -0.15) is 4.31 Å². The van der Waals surface area contributed by atoms with E-state index in [9.17, 15) is 13.2 Å². The highest BCUT2D eigenvalue weighted by Gasteiger charge is 2.33. The lowest BCUT2D eigenvalue weighted by molar-refractivity contribution is 0.234. The largest absolute Gasteiger partial charge is 0.338 e. The van der Waals surface area contributed by atoms with Crippen molar-refractivity contribution in [2.24, 2.45) is 0 Å². The molecule has 2 N–H and O–H groups in total. The van der Waals surface area contributed by atoms with Gasteiger partial charge in [-0.25, -0.2) is 13.2 Å². The molecule has 1 aliphatic rings. The second kappa shape index (κ2) is 9.05. The molecule has 2 heterocycles. The standard InChI is InChI=1S/C18H22ClN3O3S2/c19-14-5-3-6-15(13-14)21-18(23)20-10-9-16-7-1-2-11-22(16)27(24,25)17-8-4-12-26-17/h3-6,8,12-13,16H,1-2,7,9-11H2,(H2,20,21,23)/t16-/m0/s1. The van der Waals surface area contributed by atoms with Crippen LogP contribution in [-0.4, -0.2) is 37.9 Å². The molecule has 27 heavy (non-hydrogen) atoms. The first-order valence-electron chi connectivity index (χ1n) is 8.82. The summed E-state index contributed by atoms with van der Waals surface area (Å²) in [6.07, 6.45) is 3.25. The minimum Gasteiger partial charge on any atom is -0.338 e. The first-order chi connectivity index (χ1) is 13.0. The molecule has 1 aromatic heterocycles. The number of carbonyl (C=O) groups is 1. The predicted octanol–water partition coefficient (Wildman–Crippen LogP) is 4.16. The van der Waals surface area contributed by atoms with Crippen LogP contribution in [0.2, 0.25) is 5.02 Å². The minimum atomic E-state index is -3.46. The first-order valence-corrected chi connectivity index (χ1v) is 11.5. The molecule has 2 amide bonds. The molecule has 3 rings (SSSR count). The zero-order valence-electron chi connectivity index (χ0n) is 14.7. The number of hydrogen-bond donors (Lipinski definition) is 2. The number of amides is 2. The Hall–Kier alpha value is -1.61. The van der Waals surface area contributed by atoms with Gasteiger partial charge in [0, 0.05) is 29.8 Å². The van der Waals surface area contributed by atoms with Gasteiger partial charge in [0.1, 0.15) is 4.21 Å². The molecular weight excluding hydrogens is 406 g/mol. The molecule has 0 saturated carbocycles. The maximum absolute atomic E-state index is 12.9. The monoisotopic (exact) mass is 427 g/mol. The fraction of sp³-hybridized carbons (Fsp3) is 0.389. The molecule has 1 atom stereocenters. The summed E-state index contributed by atoms with van der Waals surface area (Å²) in [5, 5.41) is 7.83. The fourth-order valence-corrected chi connectivity index (χ4v) is 6.23. The van der Waals surface area contributed by atoms with Gasteiger partial charge in [-0.3, -0.25) is 0 Å². The van der Waals surface area contributed by atoms with Crippen LogP contribution in [0, 0.1) is 0 Å². The third-order valence-corrected chi connectivity index (χ3v) is 8.04. The molecular formula is C18H22ClN3O3S2. The number of nitrogens with one attached hydrogen (secondary N) is 2. The molecule has 1 aliphatic heterocycles. The summed E-state index contributed by atoms with van der Waals surface area (Å²) < 4.78 is 27.7. The van der Waals surface area contributed by atoms with Crippen molar-refractivity contribution >= 4 is 44.7 Å². The number of carbonyl (C=O) groups excluding carboxylic acids is 1. The highest BCUT2D eigenvalue weighted by Crippen LogP contribution is 2.29. The summed E-state index contributed by atoms with van der Waals surface area (Å²) in [5.41, 5.74) is 0.611. The molecule has 146 valence electrons. The SMILES string of the molecule is O=C(NCC[C@@H]1CCCCN1S(=O)(=O)c1cccs1)Nc1cccc(Cl)c1. The molecule has 0 unspecified atom stereocenters. The summed E-state index contributed by atoms with van der Waals surface area (Å²) in [4.78, 5) is 12.0. The summed E-state index contributed by atoms with van der Waals surface area (Å²) in [6.45, 7) is 0.924. The van der Waals surface area contributed by atoms with Gasteiger partial charge < -0.3 is 10.6 Å². The second-order valence-electron chi connectivity index (χ2n) is 6.38. The van der Waals surface area contributed by atoms with Gasteiger partial charge in [-0.05, 0) is 48.9 Å². The summed E-state index contributed by atoms with van der Waals surface area (Å²) in [5.74, 6) is 0. The van der Waals surface area contributed by atoms with Gasteiger partial charge in [0.25, 0.3) is 10.0 Å². The Morgan fingerprint density at radius 3 is 2.85 bits per heavy atom. The zero-order valence-corrected chi connectivity index (χ0v) is 17.1. The van der Waals surface area contributed by atoms with Crippen LogP contribution in [0.4, 0.5) is 10.5 Å². The Morgan fingerprint density at radius 2 is 2.11 bits per heavy atom. The van der Waals surface area contributed by atoms with Crippen molar-refractivity contribution < 1.29 is 13.2 Å². The van der Waals surface area contributed by atoms with Crippen molar-refractivity contribution in [3.05, 3.63) is 46.8 Å². The number of rotatable bonds is 6. The van der Waals surface area contributed by atoms with E-state index in [0.29, 0.717) is 34.4 Å². The van der Waals surface area contributed by atoms with E-state index in [1.54, 1.807) is 46.1 Å². The summed E-state index contributed by atoms with van der Waals surface area (Å²) >= 11 is 7.14. The van der Waals surface area contributed by atoms with Crippen LogP contribution >= 0.6 is 22.9 Å². The molecule has 6 nitrogen and oxygen atoms in total. The smallest absolute Gasteiger partial charge is 0.319 e. The lowest BCUT2D eigenvalue weighted by Gasteiger charge is -2.34. The maximum Gasteiger partial charge on any atom is 0.319 e. The Kier molecular flexibility index (Phi) is 6.75. The molecule has 1 fully saturated rings. The van der Waals surface area contributed by atoms with Crippen LogP contribution in [-0.2, 0) is 10.0 Å². The second-order valence-corrected chi connectivity index (χ2v) is 9.88. The normalized spacial score (nSPS) is 18.2. The Morgan fingerprint density at radius 1 is 1.26 bits per heavy atom. The topological polar surface area (TPSA) is 78.5 Å². The molecule has 1 saturated heterocycles. The third kappa shape index (κ3) is 5.22. The van der Waals surface area contributed by atoms with Crippen LogP contribution in [0.3, 0.4) is 0 Å². The van der Waals surface area contributed by atoms with Gasteiger partial charge in [0.2, 0.25) is 0 Å². The van der Waals surface area contributed by atoms with Crippen molar-refractivity contribution in [3.63, 3.8) is 0 Å². The number of urea groups is 1. The first kappa shape index (κ1) is 20.1. The van der Waals surface area contributed by atoms with E-state index in [4.69, 9.17) is 11.6 Å². The lowest BCUT2D eigenvalue weighted by atomic mass is 10.0. The highest BCUT2D eigenvalue weighted by molar-refractivity contribution is 7.91. The van der Waals surface area contributed by atoms with Crippen LogP contribution in [0.15, 0.2) is 46.0 Å². The molecule has 9 heteroatoms. The Balaban J connectivity index is 1.55. The van der Waals surface area contributed by atoms with E-state index in [1.807, 2.05) is 0 Å². The van der Waals surface area contributed by atoms with E-state index >= 15 is 0 Å². The number of nitrogens with zero attached hydrogens (tertiary/aromatic N) is 1. The predicted molar refractivity (Wildman–Crippen MR) is 109 cm³/mol. The van der Waals surface area contributed by atoms with Crippen LogP contribution in [0.1, 0.15) is 25.7 Å². The molecule has 0 spiro atoms. The summed E-state index contributed by atoms with van der Waals surface area (Å²) in [6, 6.07) is 9.86. The lowest BCUT2D eigenvalue weighted by Crippen LogP contribution is -2.45. The van der Waals surface area contributed by atoms with Crippen molar-refractivity contribution in [2.45, 2.75) is 35.9 Å². The van der Waals surface area contributed by atoms with E-state index in [0.717, 1.165) is 19.3 Å². The fourth-order valence-electron chi connectivity index (χ4n) is 3.20. The Labute approximate surface area is 168 Å². The molecule has 1 aromatic carbocycles. The third-order valence-electron chi connectivity index (χ3n) is 4.48. The molecule has 2 aromatic rings. The highest BCUT2D eigenvalue weighted by atomic mass is 35.5. The number of halogens is 1. The van der Waals surface area contributed by atoms with Crippen LogP contribution in [0.25, 0.3) is 0 Å². The average molecular weight is 428 g/mol. The maximum atomic E-state index is 12.9. The van der Waals surface area contributed by atoms with E-state index in [-0.39, 0.29) is 12.1 Å². The number of sulfonamides is 1. The van der Waals surface area contributed by atoms with Gasteiger partial charge >= 0.3 is 6.03 Å². The van der Waals surface area contributed by atoms with Gasteiger partial charge in [0.05, 0.1) is 0 Å². The van der Waals surface area contributed by atoms with Gasteiger partial charge in [-0.15, -0.1) is 11.3 Å². The molecule has 0 radical (unpaired) electrons. The van der Waals surface area contributed by atoms with Crippen LogP contribution in [0.5, 0.6) is 0 Å². The number of thiophene rings is 1. The van der Waals surface area contributed by atoms with Crippen molar-refractivity contribution in [2.75, 3.05) is 18.4 Å². The molecule has 0 bridgehead atoms. The van der Waals surface area contributed by atoms with E-state index in [1.165, 1.54) is 11.3 Å². The number of piperidine rings is 1. The summed E-state index contributed by atoms with van der Waals surface area (Å²) in [7, 11) is -3.46. The number of benzene rings is 1. The van der Waals surface area contributed by atoms with E-state index < -0.39 is 10.0 Å². The van der Waals surface area contributed by atoms with Gasteiger partial charge in [0.15, 0.2) is 0 Å². The van der Waals surface area contributed by atoms with E-state index in [2.05, 4.69) is 10.6 Å². The quantitative estimate of drug-likeness (QED) is 0.726. The average Bonchev–Trinajstić information content (AvgIpc) is 3.17. The molecule has 0 aliphatic carbocycles. The van der Waals surface area contributed by atoms with Crippen molar-refractivity contribution in [1.29, 1.82) is 0 Å². The van der Waals surface area contributed by atoms with Crippen LogP contribution < -0.4 is 10.6 Å². The van der Waals surface area contributed by atoms with Crippen molar-refractivity contribution in [1.82, 2.24) is 9.62 Å². The Bertz CT molecular complexity index is 872. The van der Waals surface area contributed by atoms with Gasteiger partial charge in [-0.1, -0.05) is 30.2 Å². The van der Waals surface area contributed by atoms with Crippen molar-refractivity contribution in [3.8, 4) is 0 Å². The number of hydrogen-bond acceptors (Lipinski definition) is 4. The number of anilines is 1. The minimum absolute atomic E-state index is 0.0997. The zero-order chi connectivity index (χ0) is 19.3.